The third-order valence-electron chi connectivity index (χ3n) is 2.48. The van der Waals surface area contributed by atoms with E-state index in [0.717, 1.165) is 0 Å². The van der Waals surface area contributed by atoms with E-state index in [1.807, 2.05) is 13.8 Å². The van der Waals surface area contributed by atoms with Crippen molar-refractivity contribution in [1.82, 2.24) is 0 Å². The van der Waals surface area contributed by atoms with Crippen molar-refractivity contribution in [3.63, 3.8) is 0 Å². The molecule has 0 spiro atoms. The zero-order valence-electron chi connectivity index (χ0n) is 10.5. The van der Waals surface area contributed by atoms with E-state index < -0.39 is 5.82 Å². The van der Waals surface area contributed by atoms with E-state index in [1.165, 1.54) is 6.07 Å². The molecule has 94 valence electrons. The molecule has 0 heterocycles. The van der Waals surface area contributed by atoms with E-state index in [0.29, 0.717) is 12.0 Å². The highest BCUT2D eigenvalue weighted by Crippen LogP contribution is 2.19. The number of hydrogen-bond acceptors (Lipinski definition) is 2. The molecule has 0 fully saturated rings. The number of nitrogens with one attached hydrogen (secondary N) is 1. The van der Waals surface area contributed by atoms with Gasteiger partial charge in [-0.1, -0.05) is 12.1 Å². The number of anilines is 1. The van der Waals surface area contributed by atoms with Crippen LogP contribution < -0.4 is 11.1 Å². The lowest BCUT2D eigenvalue weighted by atomic mass is 10.00. The van der Waals surface area contributed by atoms with E-state index in [-0.39, 0.29) is 23.6 Å². The maximum Gasteiger partial charge on any atom is 0.224 e. The van der Waals surface area contributed by atoms with Crippen LogP contribution in [0, 0.1) is 12.7 Å². The first-order valence-electron chi connectivity index (χ1n) is 5.63. The zero-order chi connectivity index (χ0) is 13.1. The molecular formula is C13H19FN2O. The molecule has 0 unspecified atom stereocenters. The molecule has 0 aliphatic rings. The van der Waals surface area contributed by atoms with Gasteiger partial charge in [0.2, 0.25) is 5.91 Å². The van der Waals surface area contributed by atoms with Crippen LogP contribution in [0.3, 0.4) is 0 Å². The van der Waals surface area contributed by atoms with Crippen LogP contribution in [0.4, 0.5) is 10.1 Å². The Labute approximate surface area is 101 Å². The minimum Gasteiger partial charge on any atom is -0.326 e. The summed E-state index contributed by atoms with van der Waals surface area (Å²) >= 11 is 0. The summed E-state index contributed by atoms with van der Waals surface area (Å²) < 4.78 is 13.4. The lowest BCUT2D eigenvalue weighted by Gasteiger charge is -2.18. The molecule has 3 nitrogen and oxygen atoms in total. The highest BCUT2D eigenvalue weighted by molar-refractivity contribution is 5.91. The number of rotatable bonds is 4. The molecule has 0 bridgehead atoms. The summed E-state index contributed by atoms with van der Waals surface area (Å²) in [7, 11) is 0. The molecule has 1 aromatic rings. The van der Waals surface area contributed by atoms with Crippen molar-refractivity contribution in [3.8, 4) is 0 Å². The van der Waals surface area contributed by atoms with Crippen LogP contribution in [0.5, 0.6) is 0 Å². The van der Waals surface area contributed by atoms with Gasteiger partial charge in [0, 0.05) is 12.0 Å². The van der Waals surface area contributed by atoms with Crippen molar-refractivity contribution in [3.05, 3.63) is 29.6 Å². The fourth-order valence-electron chi connectivity index (χ4n) is 1.43. The topological polar surface area (TPSA) is 55.1 Å². The third-order valence-corrected chi connectivity index (χ3v) is 2.48. The predicted molar refractivity (Wildman–Crippen MR) is 67.3 cm³/mol. The van der Waals surface area contributed by atoms with Gasteiger partial charge in [-0.15, -0.1) is 0 Å². The fraction of sp³-hybridized carbons (Fsp3) is 0.462. The molecule has 1 aromatic carbocycles. The lowest BCUT2D eigenvalue weighted by molar-refractivity contribution is -0.116. The molecule has 0 radical (unpaired) electrons. The van der Waals surface area contributed by atoms with Gasteiger partial charge < -0.3 is 11.1 Å². The van der Waals surface area contributed by atoms with Crippen LogP contribution in [0.2, 0.25) is 0 Å². The highest BCUT2D eigenvalue weighted by atomic mass is 19.1. The van der Waals surface area contributed by atoms with E-state index >= 15 is 0 Å². The first-order valence-corrected chi connectivity index (χ1v) is 5.63. The van der Waals surface area contributed by atoms with Gasteiger partial charge in [-0.2, -0.15) is 0 Å². The lowest BCUT2D eigenvalue weighted by Crippen LogP contribution is -2.33. The molecule has 0 saturated heterocycles. The minimum atomic E-state index is -0.412. The van der Waals surface area contributed by atoms with E-state index in [4.69, 9.17) is 5.73 Å². The Kier molecular flexibility index (Phi) is 4.23. The van der Waals surface area contributed by atoms with E-state index in [2.05, 4.69) is 5.32 Å². The standard InChI is InChI=1S/C13H19FN2O/c1-9-5-4-6-10(14)12(9)16-11(17)7-8-13(2,3)15/h4-6H,7-8,15H2,1-3H3,(H,16,17). The molecule has 3 N–H and O–H groups in total. The maximum absolute atomic E-state index is 13.4. The third kappa shape index (κ3) is 4.53. The van der Waals surface area contributed by atoms with Gasteiger partial charge >= 0.3 is 0 Å². The van der Waals surface area contributed by atoms with E-state index in [1.54, 1.807) is 19.1 Å². The number of aryl methyl sites for hydroxylation is 1. The molecule has 0 aliphatic heterocycles. The van der Waals surface area contributed by atoms with Crippen LogP contribution in [-0.2, 0) is 4.79 Å². The van der Waals surface area contributed by atoms with Crippen LogP contribution in [-0.4, -0.2) is 11.4 Å². The second-order valence-electron chi connectivity index (χ2n) is 4.97. The average Bonchev–Trinajstić information content (AvgIpc) is 2.20. The molecule has 1 rings (SSSR count). The van der Waals surface area contributed by atoms with Crippen molar-refractivity contribution in [2.75, 3.05) is 5.32 Å². The molecule has 0 atom stereocenters. The number of hydrogen-bond donors (Lipinski definition) is 2. The Morgan fingerprint density at radius 3 is 2.65 bits per heavy atom. The van der Waals surface area contributed by atoms with Crippen LogP contribution in [0.25, 0.3) is 0 Å². The number of benzene rings is 1. The van der Waals surface area contributed by atoms with Gasteiger partial charge in [0.1, 0.15) is 5.82 Å². The van der Waals surface area contributed by atoms with Crippen LogP contribution in [0.1, 0.15) is 32.3 Å². The molecule has 0 saturated carbocycles. The Morgan fingerprint density at radius 1 is 1.47 bits per heavy atom. The first kappa shape index (κ1) is 13.6. The number of halogens is 1. The Hall–Kier alpha value is -1.42. The number of carbonyl (C=O) groups is 1. The van der Waals surface area contributed by atoms with Crippen molar-refractivity contribution < 1.29 is 9.18 Å². The predicted octanol–water partition coefficient (Wildman–Crippen LogP) is 2.59. The average molecular weight is 238 g/mol. The Morgan fingerprint density at radius 2 is 2.12 bits per heavy atom. The number of amides is 1. The maximum atomic E-state index is 13.4. The van der Waals surface area contributed by atoms with Crippen LogP contribution >= 0.6 is 0 Å². The molecule has 0 aromatic heterocycles. The normalized spacial score (nSPS) is 11.4. The van der Waals surface area contributed by atoms with Gasteiger partial charge in [0.25, 0.3) is 0 Å². The SMILES string of the molecule is Cc1cccc(F)c1NC(=O)CCC(C)(C)N. The van der Waals surface area contributed by atoms with Crippen molar-refractivity contribution in [1.29, 1.82) is 0 Å². The largest absolute Gasteiger partial charge is 0.326 e. The van der Waals surface area contributed by atoms with Gasteiger partial charge in [-0.3, -0.25) is 4.79 Å². The van der Waals surface area contributed by atoms with Gasteiger partial charge in [-0.05, 0) is 38.8 Å². The molecule has 1 amide bonds. The van der Waals surface area contributed by atoms with Crippen molar-refractivity contribution in [2.24, 2.45) is 5.73 Å². The first-order chi connectivity index (χ1) is 7.79. The monoisotopic (exact) mass is 238 g/mol. The molecular weight excluding hydrogens is 219 g/mol. The Bertz CT molecular complexity index is 390. The Balaban J connectivity index is 2.63. The summed E-state index contributed by atoms with van der Waals surface area (Å²) in [6.45, 7) is 5.47. The quantitative estimate of drug-likeness (QED) is 0.847. The summed E-state index contributed by atoms with van der Waals surface area (Å²) in [6.07, 6.45) is 0.851. The summed E-state index contributed by atoms with van der Waals surface area (Å²) in [5.41, 5.74) is 6.37. The summed E-state index contributed by atoms with van der Waals surface area (Å²) in [4.78, 5) is 11.6. The zero-order valence-corrected chi connectivity index (χ0v) is 10.5. The van der Waals surface area contributed by atoms with Gasteiger partial charge in [-0.25, -0.2) is 4.39 Å². The van der Waals surface area contributed by atoms with Crippen molar-refractivity contribution >= 4 is 11.6 Å². The minimum absolute atomic E-state index is 0.211. The summed E-state index contributed by atoms with van der Waals surface area (Å²) in [5.74, 6) is -0.623. The van der Waals surface area contributed by atoms with Crippen molar-refractivity contribution in [2.45, 2.75) is 39.2 Å². The summed E-state index contributed by atoms with van der Waals surface area (Å²) in [6, 6.07) is 4.70. The highest BCUT2D eigenvalue weighted by Gasteiger charge is 2.14. The second-order valence-corrected chi connectivity index (χ2v) is 4.97. The number of nitrogens with two attached hydrogens (primary N) is 1. The van der Waals surface area contributed by atoms with Gasteiger partial charge in [0.15, 0.2) is 0 Å². The van der Waals surface area contributed by atoms with Gasteiger partial charge in [0.05, 0.1) is 5.69 Å². The smallest absolute Gasteiger partial charge is 0.224 e. The molecule has 17 heavy (non-hydrogen) atoms. The second kappa shape index (κ2) is 5.27. The molecule has 0 aliphatic carbocycles. The number of carbonyl (C=O) groups excluding carboxylic acids is 1. The number of para-hydroxylation sites is 1. The van der Waals surface area contributed by atoms with E-state index in [9.17, 15) is 9.18 Å². The van der Waals surface area contributed by atoms with Crippen LogP contribution in [0.15, 0.2) is 18.2 Å². The summed E-state index contributed by atoms with van der Waals surface area (Å²) in [5, 5.41) is 2.58. The molecule has 4 heteroatoms. The fourth-order valence-corrected chi connectivity index (χ4v) is 1.43.